The summed E-state index contributed by atoms with van der Waals surface area (Å²) < 4.78 is 0. The molecule has 1 saturated heterocycles. The van der Waals surface area contributed by atoms with Crippen molar-refractivity contribution in [3.8, 4) is 0 Å². The van der Waals surface area contributed by atoms with Crippen molar-refractivity contribution in [2.75, 3.05) is 6.54 Å². The average Bonchev–Trinajstić information content (AvgIpc) is 2.32. The van der Waals surface area contributed by atoms with Gasteiger partial charge in [-0.3, -0.25) is 4.90 Å². The molecule has 2 rings (SSSR count). The molecule has 0 amide bonds. The molecule has 0 aromatic heterocycles. The normalized spacial score (nSPS) is 38.5. The van der Waals surface area contributed by atoms with Crippen molar-refractivity contribution in [2.24, 2.45) is 0 Å². The fourth-order valence-electron chi connectivity index (χ4n) is 2.39. The van der Waals surface area contributed by atoms with Gasteiger partial charge in [0.2, 0.25) is 0 Å². The third-order valence-electron chi connectivity index (χ3n) is 3.16. The van der Waals surface area contributed by atoms with Crippen molar-refractivity contribution in [2.45, 2.75) is 45.2 Å². The Labute approximate surface area is 69.1 Å². The molecule has 0 radical (unpaired) electrons. The van der Waals surface area contributed by atoms with Gasteiger partial charge in [0.05, 0.1) is 0 Å². The zero-order chi connectivity index (χ0) is 7.84. The monoisotopic (exact) mass is 151 g/mol. The highest BCUT2D eigenvalue weighted by Crippen LogP contribution is 2.30. The predicted molar refractivity (Wildman–Crippen MR) is 47.6 cm³/mol. The number of hydrogen-bond donors (Lipinski definition) is 0. The standard InChI is InChI=1S/C10H17N/c1-8-5-6-11-9(2)3-4-10(11)7-8/h5,9-10H,3-4,6-7H2,1-2H3. The lowest BCUT2D eigenvalue weighted by molar-refractivity contribution is 0.214. The molecule has 1 fully saturated rings. The molecule has 0 aromatic carbocycles. The summed E-state index contributed by atoms with van der Waals surface area (Å²) in [7, 11) is 0. The molecular formula is C10H17N. The van der Waals surface area contributed by atoms with Gasteiger partial charge in [0.25, 0.3) is 0 Å². The van der Waals surface area contributed by atoms with E-state index in [0.29, 0.717) is 0 Å². The highest BCUT2D eigenvalue weighted by Gasteiger charge is 2.31. The minimum absolute atomic E-state index is 0.837. The van der Waals surface area contributed by atoms with E-state index < -0.39 is 0 Å². The van der Waals surface area contributed by atoms with Crippen LogP contribution in [-0.4, -0.2) is 23.5 Å². The third-order valence-corrected chi connectivity index (χ3v) is 3.16. The van der Waals surface area contributed by atoms with Gasteiger partial charge < -0.3 is 0 Å². The minimum Gasteiger partial charge on any atom is -0.294 e. The molecule has 2 unspecified atom stereocenters. The van der Waals surface area contributed by atoms with E-state index in [4.69, 9.17) is 0 Å². The molecule has 2 atom stereocenters. The molecule has 2 aliphatic heterocycles. The average molecular weight is 151 g/mol. The van der Waals surface area contributed by atoms with Crippen molar-refractivity contribution >= 4 is 0 Å². The van der Waals surface area contributed by atoms with E-state index in [-0.39, 0.29) is 0 Å². The van der Waals surface area contributed by atoms with Crippen molar-refractivity contribution in [1.29, 1.82) is 0 Å². The Balaban J connectivity index is 2.11. The molecule has 62 valence electrons. The maximum Gasteiger partial charge on any atom is 0.0171 e. The van der Waals surface area contributed by atoms with Crippen LogP contribution in [0.5, 0.6) is 0 Å². The van der Waals surface area contributed by atoms with E-state index in [2.05, 4.69) is 24.8 Å². The summed E-state index contributed by atoms with van der Waals surface area (Å²) in [5.41, 5.74) is 1.60. The van der Waals surface area contributed by atoms with Gasteiger partial charge in [0, 0.05) is 18.6 Å². The van der Waals surface area contributed by atoms with E-state index in [1.165, 1.54) is 25.8 Å². The molecule has 1 heteroatoms. The smallest absolute Gasteiger partial charge is 0.0171 e. The van der Waals surface area contributed by atoms with Crippen LogP contribution in [0, 0.1) is 0 Å². The van der Waals surface area contributed by atoms with Crippen LogP contribution in [0.15, 0.2) is 11.6 Å². The lowest BCUT2D eigenvalue weighted by Crippen LogP contribution is -2.37. The topological polar surface area (TPSA) is 3.24 Å². The van der Waals surface area contributed by atoms with Gasteiger partial charge in [-0.15, -0.1) is 0 Å². The molecule has 1 nitrogen and oxygen atoms in total. The first-order chi connectivity index (χ1) is 5.27. The molecule has 2 aliphatic rings. The van der Waals surface area contributed by atoms with E-state index in [1.54, 1.807) is 5.57 Å². The molecule has 0 bridgehead atoms. The summed E-state index contributed by atoms with van der Waals surface area (Å²) in [6.07, 6.45) is 6.54. The van der Waals surface area contributed by atoms with Gasteiger partial charge in [-0.2, -0.15) is 0 Å². The maximum absolute atomic E-state index is 2.65. The highest BCUT2D eigenvalue weighted by molar-refractivity contribution is 5.09. The minimum atomic E-state index is 0.837. The second-order valence-corrected chi connectivity index (χ2v) is 4.03. The molecule has 0 N–H and O–H groups in total. The van der Waals surface area contributed by atoms with Crippen LogP contribution in [0.3, 0.4) is 0 Å². The molecule has 0 saturated carbocycles. The van der Waals surface area contributed by atoms with Gasteiger partial charge in [0.1, 0.15) is 0 Å². The maximum atomic E-state index is 2.65. The Morgan fingerprint density at radius 2 is 2.27 bits per heavy atom. The Kier molecular flexibility index (Phi) is 1.76. The first kappa shape index (κ1) is 7.35. The van der Waals surface area contributed by atoms with Gasteiger partial charge in [-0.1, -0.05) is 11.6 Å². The Bertz CT molecular complexity index is 183. The van der Waals surface area contributed by atoms with Gasteiger partial charge in [-0.25, -0.2) is 0 Å². The van der Waals surface area contributed by atoms with Crippen LogP contribution >= 0.6 is 0 Å². The third kappa shape index (κ3) is 1.22. The van der Waals surface area contributed by atoms with Crippen LogP contribution in [0.4, 0.5) is 0 Å². The SMILES string of the molecule is CC1=CCN2C(C)CCC2C1. The Hall–Kier alpha value is -0.300. The van der Waals surface area contributed by atoms with E-state index in [9.17, 15) is 0 Å². The summed E-state index contributed by atoms with van der Waals surface area (Å²) in [4.78, 5) is 2.65. The summed E-state index contributed by atoms with van der Waals surface area (Å²) in [5.74, 6) is 0. The quantitative estimate of drug-likeness (QED) is 0.480. The van der Waals surface area contributed by atoms with Gasteiger partial charge in [-0.05, 0) is 33.1 Å². The van der Waals surface area contributed by atoms with E-state index in [1.807, 2.05) is 0 Å². The molecule has 0 aromatic rings. The van der Waals surface area contributed by atoms with Crippen molar-refractivity contribution < 1.29 is 0 Å². The number of fused-ring (bicyclic) bond motifs is 1. The van der Waals surface area contributed by atoms with Crippen molar-refractivity contribution in [1.82, 2.24) is 4.90 Å². The second kappa shape index (κ2) is 2.63. The van der Waals surface area contributed by atoms with Gasteiger partial charge in [0.15, 0.2) is 0 Å². The molecular weight excluding hydrogens is 134 g/mol. The van der Waals surface area contributed by atoms with Crippen LogP contribution < -0.4 is 0 Å². The fourth-order valence-corrected chi connectivity index (χ4v) is 2.39. The van der Waals surface area contributed by atoms with Crippen molar-refractivity contribution in [3.63, 3.8) is 0 Å². The summed E-state index contributed by atoms with van der Waals surface area (Å²) in [5, 5.41) is 0. The van der Waals surface area contributed by atoms with Gasteiger partial charge >= 0.3 is 0 Å². The van der Waals surface area contributed by atoms with E-state index >= 15 is 0 Å². The molecule has 0 aliphatic carbocycles. The number of rotatable bonds is 0. The highest BCUT2D eigenvalue weighted by atomic mass is 15.2. The zero-order valence-corrected chi connectivity index (χ0v) is 7.51. The summed E-state index contributed by atoms with van der Waals surface area (Å²) >= 11 is 0. The van der Waals surface area contributed by atoms with E-state index in [0.717, 1.165) is 12.1 Å². The summed E-state index contributed by atoms with van der Waals surface area (Å²) in [6, 6.07) is 1.72. The summed E-state index contributed by atoms with van der Waals surface area (Å²) in [6.45, 7) is 5.83. The molecule has 0 spiro atoms. The molecule has 2 heterocycles. The van der Waals surface area contributed by atoms with Crippen molar-refractivity contribution in [3.05, 3.63) is 11.6 Å². The predicted octanol–water partition coefficient (Wildman–Crippen LogP) is 2.19. The largest absolute Gasteiger partial charge is 0.294 e. The zero-order valence-electron chi connectivity index (χ0n) is 7.51. The fraction of sp³-hybridized carbons (Fsp3) is 0.800. The number of nitrogens with zero attached hydrogens (tertiary/aromatic N) is 1. The molecule has 11 heavy (non-hydrogen) atoms. The Morgan fingerprint density at radius 3 is 3.09 bits per heavy atom. The van der Waals surface area contributed by atoms with Crippen LogP contribution in [0.25, 0.3) is 0 Å². The first-order valence-electron chi connectivity index (χ1n) is 4.69. The first-order valence-corrected chi connectivity index (χ1v) is 4.69. The Morgan fingerprint density at radius 1 is 1.45 bits per heavy atom. The van der Waals surface area contributed by atoms with Crippen LogP contribution in [-0.2, 0) is 0 Å². The van der Waals surface area contributed by atoms with Crippen LogP contribution in [0.2, 0.25) is 0 Å². The van der Waals surface area contributed by atoms with Crippen LogP contribution in [0.1, 0.15) is 33.1 Å². The second-order valence-electron chi connectivity index (χ2n) is 4.03. The lowest BCUT2D eigenvalue weighted by Gasteiger charge is -2.31. The lowest BCUT2D eigenvalue weighted by atomic mass is 10.0. The number of hydrogen-bond acceptors (Lipinski definition) is 1.